The van der Waals surface area contributed by atoms with E-state index in [2.05, 4.69) is 41.0 Å². The molecular weight excluding hydrogens is 479 g/mol. The van der Waals surface area contributed by atoms with Crippen LogP contribution in [0, 0.1) is 5.41 Å². The highest BCUT2D eigenvalue weighted by atomic mass is 35.5. The van der Waals surface area contributed by atoms with E-state index in [0.717, 1.165) is 44.6 Å². The number of aromatic nitrogens is 4. The van der Waals surface area contributed by atoms with Gasteiger partial charge in [-0.1, -0.05) is 32.4 Å². The van der Waals surface area contributed by atoms with E-state index in [0.29, 0.717) is 35.9 Å². The average Bonchev–Trinajstić information content (AvgIpc) is 3.09. The molecule has 35 heavy (non-hydrogen) atoms. The second-order valence-corrected chi connectivity index (χ2v) is 10.7. The highest BCUT2D eigenvalue weighted by Gasteiger charge is 2.32. The number of halogens is 4. The summed E-state index contributed by atoms with van der Waals surface area (Å²) < 4.78 is 42.1. The molecule has 2 aromatic heterocycles. The summed E-state index contributed by atoms with van der Waals surface area (Å²) in [6, 6.07) is 3.49. The molecule has 11 heteroatoms. The predicted molar refractivity (Wildman–Crippen MR) is 132 cm³/mol. The zero-order valence-corrected chi connectivity index (χ0v) is 20.9. The Kier molecular flexibility index (Phi) is 7.26. The number of nitrogens with one attached hydrogen (secondary N) is 1. The van der Waals surface area contributed by atoms with Crippen molar-refractivity contribution < 1.29 is 13.2 Å². The minimum Gasteiger partial charge on any atom is -0.329 e. The smallest absolute Gasteiger partial charge is 0.329 e. The van der Waals surface area contributed by atoms with Crippen LogP contribution in [0.3, 0.4) is 0 Å². The van der Waals surface area contributed by atoms with Gasteiger partial charge < -0.3 is 16.0 Å². The predicted octanol–water partition coefficient (Wildman–Crippen LogP) is 5.43. The summed E-state index contributed by atoms with van der Waals surface area (Å²) in [7, 11) is 0. The van der Waals surface area contributed by atoms with Crippen molar-refractivity contribution in [2.24, 2.45) is 11.1 Å². The number of imidazole rings is 1. The van der Waals surface area contributed by atoms with E-state index >= 15 is 0 Å². The Morgan fingerprint density at radius 3 is 2.46 bits per heavy atom. The molecule has 0 unspecified atom stereocenters. The van der Waals surface area contributed by atoms with Gasteiger partial charge in [-0.3, -0.25) is 4.57 Å². The van der Waals surface area contributed by atoms with Gasteiger partial charge in [-0.15, -0.1) is 0 Å². The summed E-state index contributed by atoms with van der Waals surface area (Å²) in [5, 5.41) is 3.08. The maximum absolute atomic E-state index is 13.4. The molecule has 190 valence electrons. The third kappa shape index (κ3) is 6.23. The van der Waals surface area contributed by atoms with E-state index in [1.807, 2.05) is 4.57 Å². The van der Waals surface area contributed by atoms with Crippen molar-refractivity contribution in [3.8, 4) is 0 Å². The lowest BCUT2D eigenvalue weighted by Gasteiger charge is -2.33. The van der Waals surface area contributed by atoms with Crippen LogP contribution in [0.15, 0.2) is 24.4 Å². The normalized spacial score (nSPS) is 16.2. The lowest BCUT2D eigenvalue weighted by molar-refractivity contribution is -0.137. The molecule has 0 saturated carbocycles. The Balaban J connectivity index is 1.75. The highest BCUT2D eigenvalue weighted by molar-refractivity contribution is 6.31. The van der Waals surface area contributed by atoms with Crippen molar-refractivity contribution >= 4 is 34.4 Å². The molecule has 4 rings (SSSR count). The Morgan fingerprint density at radius 2 is 1.83 bits per heavy atom. The van der Waals surface area contributed by atoms with E-state index in [9.17, 15) is 13.2 Å². The highest BCUT2D eigenvalue weighted by Crippen LogP contribution is 2.36. The summed E-state index contributed by atoms with van der Waals surface area (Å²) in [4.78, 5) is 16.3. The van der Waals surface area contributed by atoms with Gasteiger partial charge >= 0.3 is 6.18 Å². The SMILES string of the molecule is CC(C)(C)Cc1ncc2nc(Nc3cc(Cl)cc(C(F)(F)F)c3)n(C3CCN(CCN)CC3)c2n1. The second-order valence-electron chi connectivity index (χ2n) is 10.3. The third-order valence-corrected chi connectivity index (χ3v) is 6.24. The number of nitrogens with zero attached hydrogens (tertiary/aromatic N) is 5. The second kappa shape index (κ2) is 9.91. The Hall–Kier alpha value is -2.43. The number of nitrogens with two attached hydrogens (primary N) is 1. The zero-order valence-electron chi connectivity index (χ0n) is 20.2. The van der Waals surface area contributed by atoms with Gasteiger partial charge in [0.05, 0.1) is 11.8 Å². The molecule has 1 saturated heterocycles. The van der Waals surface area contributed by atoms with Crippen molar-refractivity contribution in [1.82, 2.24) is 24.4 Å². The molecule has 7 nitrogen and oxygen atoms in total. The monoisotopic (exact) mass is 509 g/mol. The fourth-order valence-corrected chi connectivity index (χ4v) is 4.69. The fourth-order valence-electron chi connectivity index (χ4n) is 4.46. The van der Waals surface area contributed by atoms with Gasteiger partial charge in [-0.2, -0.15) is 13.2 Å². The van der Waals surface area contributed by atoms with E-state index in [4.69, 9.17) is 22.3 Å². The first-order chi connectivity index (χ1) is 16.4. The average molecular weight is 510 g/mol. The molecule has 3 N–H and O–H groups in total. The van der Waals surface area contributed by atoms with Crippen LogP contribution in [0.4, 0.5) is 24.8 Å². The van der Waals surface area contributed by atoms with Gasteiger partial charge in [-0.05, 0) is 36.5 Å². The van der Waals surface area contributed by atoms with Gasteiger partial charge in [0.25, 0.3) is 0 Å². The largest absolute Gasteiger partial charge is 0.416 e. The molecule has 3 aromatic rings. The van der Waals surface area contributed by atoms with Crippen LogP contribution in [0.5, 0.6) is 0 Å². The Morgan fingerprint density at radius 1 is 1.11 bits per heavy atom. The minimum atomic E-state index is -4.51. The van der Waals surface area contributed by atoms with Crippen LogP contribution in [-0.2, 0) is 12.6 Å². The van der Waals surface area contributed by atoms with Gasteiger partial charge in [0.15, 0.2) is 5.65 Å². The van der Waals surface area contributed by atoms with Crippen molar-refractivity contribution in [2.75, 3.05) is 31.5 Å². The molecule has 0 atom stereocenters. The van der Waals surface area contributed by atoms with Crippen LogP contribution in [-0.4, -0.2) is 50.6 Å². The van der Waals surface area contributed by atoms with Gasteiger partial charge in [0.1, 0.15) is 11.3 Å². The first kappa shape index (κ1) is 25.7. The van der Waals surface area contributed by atoms with Crippen LogP contribution >= 0.6 is 11.6 Å². The molecule has 1 aliphatic heterocycles. The lowest BCUT2D eigenvalue weighted by atomic mass is 9.92. The number of hydrogen-bond donors (Lipinski definition) is 2. The molecule has 1 fully saturated rings. The maximum Gasteiger partial charge on any atom is 0.416 e. The molecular formula is C24H31ClF3N7. The quantitative estimate of drug-likeness (QED) is 0.461. The topological polar surface area (TPSA) is 84.9 Å². The van der Waals surface area contributed by atoms with Crippen molar-refractivity contribution in [1.29, 1.82) is 0 Å². The maximum atomic E-state index is 13.4. The van der Waals surface area contributed by atoms with Crippen LogP contribution in [0.25, 0.3) is 11.2 Å². The first-order valence-corrected chi connectivity index (χ1v) is 12.1. The van der Waals surface area contributed by atoms with E-state index in [-0.39, 0.29) is 22.2 Å². The van der Waals surface area contributed by atoms with Crippen molar-refractivity contribution in [3.05, 3.63) is 40.8 Å². The molecule has 0 spiro atoms. The molecule has 1 aromatic carbocycles. The molecule has 3 heterocycles. The fraction of sp³-hybridized carbons (Fsp3) is 0.542. The molecule has 0 bridgehead atoms. The molecule has 0 aliphatic carbocycles. The van der Waals surface area contributed by atoms with Gasteiger partial charge in [-0.25, -0.2) is 15.0 Å². The summed E-state index contributed by atoms with van der Waals surface area (Å²) in [5.41, 5.74) is 6.38. The van der Waals surface area contributed by atoms with Crippen molar-refractivity contribution in [3.63, 3.8) is 0 Å². The van der Waals surface area contributed by atoms with E-state index in [1.165, 1.54) is 6.07 Å². The van der Waals surface area contributed by atoms with E-state index in [1.54, 1.807) is 6.20 Å². The number of rotatable bonds is 6. The first-order valence-electron chi connectivity index (χ1n) is 11.7. The van der Waals surface area contributed by atoms with Crippen molar-refractivity contribution in [2.45, 2.75) is 52.3 Å². The van der Waals surface area contributed by atoms with Gasteiger partial charge in [0.2, 0.25) is 5.95 Å². The third-order valence-electron chi connectivity index (χ3n) is 6.02. The number of hydrogen-bond acceptors (Lipinski definition) is 6. The number of alkyl halides is 3. The number of fused-ring (bicyclic) bond motifs is 1. The summed E-state index contributed by atoms with van der Waals surface area (Å²) >= 11 is 6.01. The van der Waals surface area contributed by atoms with E-state index < -0.39 is 11.7 Å². The lowest BCUT2D eigenvalue weighted by Crippen LogP contribution is -2.37. The zero-order chi connectivity index (χ0) is 25.4. The van der Waals surface area contributed by atoms with Gasteiger partial charge in [0, 0.05) is 49.4 Å². The number of likely N-dealkylation sites (tertiary alicyclic amines) is 1. The standard InChI is InChI=1S/C24H31ClF3N7/c1-23(2,3)13-20-30-14-19-21(33-20)35(18-4-7-34(8-5-18)9-6-29)22(32-19)31-17-11-15(24(26,27)28)10-16(25)12-17/h10-12,14,18H,4-9,13,29H2,1-3H3,(H,31,32). The molecule has 1 aliphatic rings. The summed E-state index contributed by atoms with van der Waals surface area (Å²) in [6.07, 6.45) is -0.433. The Labute approximate surface area is 207 Å². The Bertz CT molecular complexity index is 1180. The summed E-state index contributed by atoms with van der Waals surface area (Å²) in [6.45, 7) is 9.54. The van der Waals surface area contributed by atoms with Crippen LogP contribution in [0.2, 0.25) is 5.02 Å². The molecule has 0 amide bonds. The van der Waals surface area contributed by atoms with Crippen LogP contribution < -0.4 is 11.1 Å². The number of anilines is 2. The molecule has 0 radical (unpaired) electrons. The number of piperidine rings is 1. The summed E-state index contributed by atoms with van der Waals surface area (Å²) in [5.74, 6) is 1.13. The van der Waals surface area contributed by atoms with Crippen LogP contribution in [0.1, 0.15) is 51.0 Å². The minimum absolute atomic E-state index is 0.00194. The number of benzene rings is 1.